The van der Waals surface area contributed by atoms with Crippen molar-refractivity contribution >= 4 is 11.8 Å². The van der Waals surface area contributed by atoms with Crippen LogP contribution in [-0.2, 0) is 9.59 Å². The highest BCUT2D eigenvalue weighted by molar-refractivity contribution is 5.88. The van der Waals surface area contributed by atoms with Gasteiger partial charge in [-0.05, 0) is 101 Å². The molecule has 180 valence electrons. The van der Waals surface area contributed by atoms with Gasteiger partial charge in [0, 0.05) is 11.8 Å². The Bertz CT molecular complexity index is 809. The lowest BCUT2D eigenvalue weighted by Crippen LogP contribution is -2.55. The molecule has 6 atom stereocenters. The lowest BCUT2D eigenvalue weighted by atomic mass is 9.42. The predicted molar refractivity (Wildman–Crippen MR) is 130 cm³/mol. The van der Waals surface area contributed by atoms with Gasteiger partial charge in [0.25, 0.3) is 0 Å². The molecule has 0 aliphatic heterocycles. The van der Waals surface area contributed by atoms with E-state index < -0.39 is 12.0 Å². The number of carboxylic acid groups (broad SMARTS) is 1. The number of nitrogens with two attached hydrogens (primary N) is 1. The van der Waals surface area contributed by atoms with Crippen molar-refractivity contribution in [2.75, 3.05) is 0 Å². The molecule has 0 spiro atoms. The number of Topliss-reactive ketones (excluding diaryl/α,β-unsaturated/α-hetero) is 1. The molecule has 4 heteroatoms. The molecule has 0 unspecified atom stereocenters. The Kier molecular flexibility index (Phi) is 7.15. The topological polar surface area (TPSA) is 80.4 Å². The van der Waals surface area contributed by atoms with E-state index in [2.05, 4.69) is 53.7 Å². The largest absolute Gasteiger partial charge is 0.480 e. The molecule has 0 heterocycles. The van der Waals surface area contributed by atoms with Gasteiger partial charge in [-0.2, -0.15) is 0 Å². The lowest BCUT2D eigenvalue weighted by Gasteiger charge is -2.62. The van der Waals surface area contributed by atoms with Gasteiger partial charge in [-0.25, -0.2) is 0 Å². The molecule has 3 aliphatic rings. The maximum Gasteiger partial charge on any atom is 0.320 e. The molecule has 4 nitrogen and oxygen atoms in total. The third-order valence-corrected chi connectivity index (χ3v) is 10.0. The zero-order valence-corrected chi connectivity index (χ0v) is 21.2. The summed E-state index contributed by atoms with van der Waals surface area (Å²) in [4.78, 5) is 23.6. The molecule has 3 aliphatic carbocycles. The molecule has 3 rings (SSSR count). The lowest BCUT2D eigenvalue weighted by molar-refractivity contribution is -0.138. The zero-order chi connectivity index (χ0) is 23.9. The average molecular weight is 444 g/mol. The van der Waals surface area contributed by atoms with Crippen molar-refractivity contribution in [2.45, 2.75) is 105 Å². The van der Waals surface area contributed by atoms with Crippen LogP contribution >= 0.6 is 0 Å². The summed E-state index contributed by atoms with van der Waals surface area (Å²) >= 11 is 0. The van der Waals surface area contributed by atoms with Crippen molar-refractivity contribution in [3.63, 3.8) is 0 Å². The average Bonchev–Trinajstić information content (AvgIpc) is 2.72. The van der Waals surface area contributed by atoms with E-state index in [4.69, 9.17) is 10.8 Å². The number of carbonyl (C=O) groups is 2. The van der Waals surface area contributed by atoms with E-state index in [9.17, 15) is 9.59 Å². The minimum absolute atomic E-state index is 0.271. The number of allylic oxidation sites excluding steroid dienone is 4. The van der Waals surface area contributed by atoms with E-state index in [0.717, 1.165) is 32.1 Å². The van der Waals surface area contributed by atoms with Gasteiger partial charge in [-0.3, -0.25) is 9.59 Å². The van der Waals surface area contributed by atoms with Crippen LogP contribution in [0.25, 0.3) is 0 Å². The second-order valence-electron chi connectivity index (χ2n) is 12.1. The number of ketones is 1. The van der Waals surface area contributed by atoms with E-state index in [1.165, 1.54) is 30.4 Å². The van der Waals surface area contributed by atoms with Crippen LogP contribution in [0, 0.1) is 34.0 Å². The van der Waals surface area contributed by atoms with Crippen molar-refractivity contribution in [1.29, 1.82) is 0 Å². The molecule has 0 aromatic heterocycles. The minimum atomic E-state index is -0.920. The first-order valence-corrected chi connectivity index (χ1v) is 12.7. The molecular formula is C28H45NO3. The molecule has 0 aromatic rings. The molecule has 0 bridgehead atoms. The summed E-state index contributed by atoms with van der Waals surface area (Å²) in [5.74, 6) is 1.36. The smallest absolute Gasteiger partial charge is 0.320 e. The fourth-order valence-corrected chi connectivity index (χ4v) is 7.37. The van der Waals surface area contributed by atoms with Crippen molar-refractivity contribution < 1.29 is 14.7 Å². The highest BCUT2D eigenvalue weighted by Crippen LogP contribution is 2.66. The van der Waals surface area contributed by atoms with Crippen LogP contribution in [0.2, 0.25) is 0 Å². The SMILES string of the molecule is C/C(=C\CC[C@H](N)C(=O)O)CC[C@]1(C)[C@H]2CC=C3[C@@H](CCC(=O)C3(C)C)[C@]2(C)CC[C@@H]1C. The number of fused-ring (bicyclic) bond motifs is 3. The summed E-state index contributed by atoms with van der Waals surface area (Å²) in [6.07, 6.45) is 13.5. The normalized spacial score (nSPS) is 37.8. The Balaban J connectivity index is 1.77. The number of carbonyl (C=O) groups excluding carboxylic acids is 1. The summed E-state index contributed by atoms with van der Waals surface area (Å²) in [7, 11) is 0. The Morgan fingerprint density at radius 1 is 1.28 bits per heavy atom. The van der Waals surface area contributed by atoms with Gasteiger partial charge in [0.1, 0.15) is 11.8 Å². The minimum Gasteiger partial charge on any atom is -0.480 e. The first-order chi connectivity index (χ1) is 14.8. The van der Waals surface area contributed by atoms with Gasteiger partial charge >= 0.3 is 5.97 Å². The Morgan fingerprint density at radius 3 is 2.62 bits per heavy atom. The molecular weight excluding hydrogens is 398 g/mol. The second-order valence-corrected chi connectivity index (χ2v) is 12.1. The monoisotopic (exact) mass is 443 g/mol. The Morgan fingerprint density at radius 2 is 1.97 bits per heavy atom. The molecule has 2 saturated carbocycles. The first kappa shape index (κ1) is 25.2. The van der Waals surface area contributed by atoms with E-state index in [0.29, 0.717) is 30.0 Å². The quantitative estimate of drug-likeness (QED) is 0.453. The maximum absolute atomic E-state index is 12.7. The summed E-state index contributed by atoms with van der Waals surface area (Å²) in [5, 5.41) is 8.98. The van der Waals surface area contributed by atoms with Crippen LogP contribution in [0.4, 0.5) is 0 Å². The van der Waals surface area contributed by atoms with Crippen LogP contribution in [-0.4, -0.2) is 22.9 Å². The van der Waals surface area contributed by atoms with Crippen LogP contribution in [0.5, 0.6) is 0 Å². The van der Waals surface area contributed by atoms with E-state index in [-0.39, 0.29) is 16.2 Å². The summed E-state index contributed by atoms with van der Waals surface area (Å²) in [6, 6.07) is -0.773. The van der Waals surface area contributed by atoms with Gasteiger partial charge in [0.2, 0.25) is 0 Å². The Labute approximate surface area is 195 Å². The predicted octanol–water partition coefficient (Wildman–Crippen LogP) is 6.30. The summed E-state index contributed by atoms with van der Waals surface area (Å²) < 4.78 is 0. The Hall–Kier alpha value is -1.42. The van der Waals surface area contributed by atoms with E-state index in [1.54, 1.807) is 0 Å². The highest BCUT2D eigenvalue weighted by atomic mass is 16.4. The number of hydrogen-bond donors (Lipinski definition) is 2. The van der Waals surface area contributed by atoms with Gasteiger partial charge < -0.3 is 10.8 Å². The third kappa shape index (κ3) is 4.36. The number of rotatable bonds is 7. The van der Waals surface area contributed by atoms with E-state index >= 15 is 0 Å². The van der Waals surface area contributed by atoms with Crippen molar-refractivity contribution in [3.8, 4) is 0 Å². The molecule has 0 radical (unpaired) electrons. The van der Waals surface area contributed by atoms with Crippen molar-refractivity contribution in [3.05, 3.63) is 23.3 Å². The molecule has 0 saturated heterocycles. The fraction of sp³-hybridized carbons (Fsp3) is 0.786. The van der Waals surface area contributed by atoms with Gasteiger partial charge in [-0.1, -0.05) is 44.1 Å². The summed E-state index contributed by atoms with van der Waals surface area (Å²) in [5.41, 5.74) is 8.66. The van der Waals surface area contributed by atoms with E-state index in [1.807, 2.05) is 0 Å². The van der Waals surface area contributed by atoms with Crippen molar-refractivity contribution in [2.24, 2.45) is 39.7 Å². The van der Waals surface area contributed by atoms with Gasteiger partial charge in [-0.15, -0.1) is 0 Å². The van der Waals surface area contributed by atoms with Crippen LogP contribution in [0.15, 0.2) is 23.3 Å². The molecule has 2 fully saturated rings. The number of aliphatic carboxylic acids is 1. The van der Waals surface area contributed by atoms with Crippen LogP contribution < -0.4 is 5.73 Å². The standard InChI is InChI=1S/C28H45NO3/c1-18(8-7-9-22(29)25(31)32)14-16-27(5)19(2)15-17-28(6)21-11-13-24(30)26(3,4)20(21)10-12-23(27)28/h8,10,19,21-23H,7,9,11-17,29H2,1-6H3,(H,31,32)/b18-8+/t19-,21+,22-,23+,27-,28-/m0/s1. The number of carboxylic acids is 1. The van der Waals surface area contributed by atoms with Gasteiger partial charge in [0.05, 0.1) is 0 Å². The van der Waals surface area contributed by atoms with Gasteiger partial charge in [0.15, 0.2) is 0 Å². The zero-order valence-electron chi connectivity index (χ0n) is 21.2. The number of hydrogen-bond acceptors (Lipinski definition) is 3. The molecule has 0 aromatic carbocycles. The highest BCUT2D eigenvalue weighted by Gasteiger charge is 2.58. The van der Waals surface area contributed by atoms with Crippen LogP contribution in [0.1, 0.15) is 99.3 Å². The first-order valence-electron chi connectivity index (χ1n) is 12.7. The molecule has 32 heavy (non-hydrogen) atoms. The maximum atomic E-state index is 12.7. The van der Waals surface area contributed by atoms with Crippen LogP contribution in [0.3, 0.4) is 0 Å². The third-order valence-electron chi connectivity index (χ3n) is 10.0. The molecule has 0 amide bonds. The molecule has 3 N–H and O–H groups in total. The van der Waals surface area contributed by atoms with Crippen molar-refractivity contribution in [1.82, 2.24) is 0 Å². The second kappa shape index (κ2) is 9.08. The fourth-order valence-electron chi connectivity index (χ4n) is 7.37. The summed E-state index contributed by atoms with van der Waals surface area (Å²) in [6.45, 7) is 14.0.